The number of hydrogen-bond acceptors (Lipinski definition) is 8. The van der Waals surface area contributed by atoms with E-state index < -0.39 is 11.8 Å². The quantitative estimate of drug-likeness (QED) is 0.410. The number of carbonyl (C=O) groups is 2. The average molecular weight is 497 g/mol. The minimum atomic E-state index is -0.493. The van der Waals surface area contributed by atoms with E-state index >= 15 is 0 Å². The fraction of sp³-hybridized carbons (Fsp3) is 0.174. The highest BCUT2D eigenvalue weighted by Crippen LogP contribution is 2.34. The Morgan fingerprint density at radius 1 is 1.15 bits per heavy atom. The first-order valence-electron chi connectivity index (χ1n) is 10.1. The SMILES string of the molecule is COc1ccc(OC)c(/C=C2\SC(=S)N(NC(=O)Cc3nn(C)c(=O)c4ccccc34)C2=O)c1. The molecule has 3 aromatic rings. The molecule has 9 nitrogen and oxygen atoms in total. The number of benzene rings is 2. The summed E-state index contributed by atoms with van der Waals surface area (Å²) in [4.78, 5) is 38.4. The number of thiocarbonyl (C=S) groups is 1. The van der Waals surface area contributed by atoms with Crippen LogP contribution in [0.3, 0.4) is 0 Å². The molecule has 2 amide bonds. The second kappa shape index (κ2) is 9.65. The van der Waals surface area contributed by atoms with Gasteiger partial charge in [-0.3, -0.25) is 19.8 Å². The van der Waals surface area contributed by atoms with Gasteiger partial charge in [0.25, 0.3) is 11.5 Å². The summed E-state index contributed by atoms with van der Waals surface area (Å²) < 4.78 is 12.0. The maximum Gasteiger partial charge on any atom is 0.285 e. The van der Waals surface area contributed by atoms with Crippen LogP contribution in [0.4, 0.5) is 0 Å². The highest BCUT2D eigenvalue weighted by atomic mass is 32.2. The highest BCUT2D eigenvalue weighted by Gasteiger charge is 2.34. The maximum absolute atomic E-state index is 13.0. The molecule has 2 heterocycles. The standard InChI is InChI=1S/C23H20N4O5S2/c1-26-21(29)16-7-5-4-6-15(16)17(24-26)12-20(28)25-27-22(30)19(34-23(27)33)11-13-10-14(31-2)8-9-18(13)32-3/h4-11H,12H2,1-3H3,(H,25,28)/b19-11-. The summed E-state index contributed by atoms with van der Waals surface area (Å²) in [5.74, 6) is 0.204. The molecule has 0 atom stereocenters. The van der Waals surface area contributed by atoms with Crippen LogP contribution in [0.1, 0.15) is 11.3 Å². The largest absolute Gasteiger partial charge is 0.497 e. The number of rotatable bonds is 6. The van der Waals surface area contributed by atoms with Gasteiger partial charge >= 0.3 is 0 Å². The summed E-state index contributed by atoms with van der Waals surface area (Å²) in [5.41, 5.74) is 3.34. The van der Waals surface area contributed by atoms with Crippen molar-refractivity contribution in [2.75, 3.05) is 14.2 Å². The molecule has 11 heteroatoms. The Morgan fingerprint density at radius 3 is 2.59 bits per heavy atom. The predicted molar refractivity (Wildman–Crippen MR) is 133 cm³/mol. The Hall–Kier alpha value is -3.70. The molecule has 0 radical (unpaired) electrons. The van der Waals surface area contributed by atoms with Gasteiger partial charge in [-0.05, 0) is 42.6 Å². The number of fused-ring (bicyclic) bond motifs is 1. The molecule has 1 aliphatic rings. The van der Waals surface area contributed by atoms with Crippen molar-refractivity contribution in [3.05, 3.63) is 69.0 Å². The van der Waals surface area contributed by atoms with E-state index in [0.717, 1.165) is 16.8 Å². The first-order chi connectivity index (χ1) is 16.3. The Morgan fingerprint density at radius 2 is 1.88 bits per heavy atom. The van der Waals surface area contributed by atoms with Crippen molar-refractivity contribution >= 4 is 57.0 Å². The van der Waals surface area contributed by atoms with Gasteiger partial charge in [0.15, 0.2) is 4.32 Å². The van der Waals surface area contributed by atoms with Crippen LogP contribution in [0.15, 0.2) is 52.2 Å². The number of aromatic nitrogens is 2. The van der Waals surface area contributed by atoms with E-state index in [2.05, 4.69) is 10.5 Å². The zero-order valence-corrected chi connectivity index (χ0v) is 20.2. The monoisotopic (exact) mass is 496 g/mol. The molecule has 1 fully saturated rings. The highest BCUT2D eigenvalue weighted by molar-refractivity contribution is 8.26. The topological polar surface area (TPSA) is 103 Å². The van der Waals surface area contributed by atoms with Crippen molar-refractivity contribution in [1.29, 1.82) is 0 Å². The van der Waals surface area contributed by atoms with Crippen LogP contribution in [-0.4, -0.2) is 45.1 Å². The van der Waals surface area contributed by atoms with Crippen LogP contribution in [0.2, 0.25) is 0 Å². The van der Waals surface area contributed by atoms with Gasteiger partial charge in [0, 0.05) is 18.0 Å². The number of carbonyl (C=O) groups excluding carboxylic acids is 2. The molecular formula is C23H20N4O5S2. The van der Waals surface area contributed by atoms with Gasteiger partial charge in [-0.15, -0.1) is 0 Å². The van der Waals surface area contributed by atoms with E-state index in [1.165, 1.54) is 18.8 Å². The molecular weight excluding hydrogens is 476 g/mol. The van der Waals surface area contributed by atoms with Crippen molar-refractivity contribution in [1.82, 2.24) is 20.2 Å². The van der Waals surface area contributed by atoms with E-state index in [-0.39, 0.29) is 16.3 Å². The fourth-order valence-electron chi connectivity index (χ4n) is 3.48. The number of aryl methyl sites for hydroxylation is 1. The predicted octanol–water partition coefficient (Wildman–Crippen LogP) is 2.43. The van der Waals surface area contributed by atoms with Crippen LogP contribution in [0.25, 0.3) is 16.8 Å². The minimum absolute atomic E-state index is 0.144. The summed E-state index contributed by atoms with van der Waals surface area (Å²) >= 11 is 6.38. The normalized spacial score (nSPS) is 14.7. The van der Waals surface area contributed by atoms with Crippen LogP contribution < -0.4 is 20.5 Å². The Kier molecular flexibility index (Phi) is 6.66. The fourth-order valence-corrected chi connectivity index (χ4v) is 4.65. The number of amides is 2. The lowest BCUT2D eigenvalue weighted by Crippen LogP contribution is -2.45. The molecule has 0 aliphatic carbocycles. The summed E-state index contributed by atoms with van der Waals surface area (Å²) in [7, 11) is 4.60. The van der Waals surface area contributed by atoms with Crippen molar-refractivity contribution < 1.29 is 19.1 Å². The summed E-state index contributed by atoms with van der Waals surface area (Å²) in [6.07, 6.45) is 1.49. The molecule has 174 valence electrons. The molecule has 2 aromatic carbocycles. The molecule has 0 spiro atoms. The number of hydrogen-bond donors (Lipinski definition) is 1. The third-order valence-corrected chi connectivity index (χ3v) is 6.42. The van der Waals surface area contributed by atoms with E-state index in [0.29, 0.717) is 38.4 Å². The van der Waals surface area contributed by atoms with Gasteiger partial charge in [0.1, 0.15) is 11.5 Å². The van der Waals surface area contributed by atoms with Crippen LogP contribution >= 0.6 is 24.0 Å². The van der Waals surface area contributed by atoms with Crippen molar-refractivity contribution in [3.8, 4) is 11.5 Å². The lowest BCUT2D eigenvalue weighted by atomic mass is 10.1. The third-order valence-electron chi connectivity index (χ3n) is 5.11. The number of hydrazine groups is 1. The summed E-state index contributed by atoms with van der Waals surface area (Å²) in [6, 6.07) is 12.1. The van der Waals surface area contributed by atoms with Crippen LogP contribution in [-0.2, 0) is 23.1 Å². The molecule has 4 rings (SSSR count). The van der Waals surface area contributed by atoms with Crippen molar-refractivity contribution in [2.45, 2.75) is 6.42 Å². The number of nitrogens with one attached hydrogen (secondary N) is 1. The Bertz CT molecular complexity index is 1420. The van der Waals surface area contributed by atoms with E-state index in [1.807, 2.05) is 0 Å². The molecule has 1 saturated heterocycles. The van der Waals surface area contributed by atoms with Gasteiger partial charge in [-0.25, -0.2) is 4.68 Å². The molecule has 34 heavy (non-hydrogen) atoms. The maximum atomic E-state index is 13.0. The summed E-state index contributed by atoms with van der Waals surface area (Å²) in [6.45, 7) is 0. The molecule has 0 unspecified atom stereocenters. The zero-order chi connectivity index (χ0) is 24.4. The number of ether oxygens (including phenoxy) is 2. The summed E-state index contributed by atoms with van der Waals surface area (Å²) in [5, 5.41) is 6.30. The van der Waals surface area contributed by atoms with Gasteiger partial charge in [-0.2, -0.15) is 10.1 Å². The molecule has 1 aliphatic heterocycles. The van der Waals surface area contributed by atoms with Gasteiger partial charge in [0.2, 0.25) is 5.91 Å². The molecule has 1 N–H and O–H groups in total. The first-order valence-corrected chi connectivity index (χ1v) is 11.3. The molecule has 0 saturated carbocycles. The second-order valence-electron chi connectivity index (χ2n) is 7.26. The van der Waals surface area contributed by atoms with E-state index in [9.17, 15) is 14.4 Å². The first kappa shape index (κ1) is 23.5. The average Bonchev–Trinajstić information content (AvgIpc) is 3.09. The second-order valence-corrected chi connectivity index (χ2v) is 8.93. The lowest BCUT2D eigenvalue weighted by molar-refractivity contribution is -0.132. The van der Waals surface area contributed by atoms with Crippen LogP contribution in [0, 0.1) is 0 Å². The van der Waals surface area contributed by atoms with Gasteiger partial charge < -0.3 is 9.47 Å². The van der Waals surface area contributed by atoms with Crippen molar-refractivity contribution in [2.24, 2.45) is 7.05 Å². The third kappa shape index (κ3) is 4.52. The van der Waals surface area contributed by atoms with E-state index in [4.69, 9.17) is 21.7 Å². The van der Waals surface area contributed by atoms with Crippen molar-refractivity contribution in [3.63, 3.8) is 0 Å². The number of thioether (sulfide) groups is 1. The van der Waals surface area contributed by atoms with Crippen LogP contribution in [0.5, 0.6) is 11.5 Å². The molecule has 1 aromatic heterocycles. The Labute approximate surface area is 204 Å². The zero-order valence-electron chi connectivity index (χ0n) is 18.5. The van der Waals surface area contributed by atoms with E-state index in [1.54, 1.807) is 55.7 Å². The number of methoxy groups -OCH3 is 2. The van der Waals surface area contributed by atoms with Gasteiger partial charge in [0.05, 0.1) is 36.6 Å². The minimum Gasteiger partial charge on any atom is -0.497 e. The number of nitrogens with zero attached hydrogens (tertiary/aromatic N) is 3. The lowest BCUT2D eigenvalue weighted by Gasteiger charge is -2.16. The Balaban J connectivity index is 1.55. The van der Waals surface area contributed by atoms with Gasteiger partial charge in [-0.1, -0.05) is 30.0 Å². The molecule has 0 bridgehead atoms. The smallest absolute Gasteiger partial charge is 0.285 e.